The smallest absolute Gasteiger partial charge is 0.382 e. The van der Waals surface area contributed by atoms with Crippen LogP contribution in [0.15, 0.2) is 23.4 Å². The average molecular weight is 325 g/mol. The Morgan fingerprint density at radius 1 is 1.24 bits per heavy atom. The van der Waals surface area contributed by atoms with Gasteiger partial charge in [-0.15, -0.1) is 0 Å². The minimum Gasteiger partial charge on any atom is -0.389 e. The summed E-state index contributed by atoms with van der Waals surface area (Å²) in [6.45, 7) is 2.89. The molecule has 1 heterocycles. The van der Waals surface area contributed by atoms with Crippen LogP contribution in [0.2, 0.25) is 0 Å². The van der Waals surface area contributed by atoms with Crippen molar-refractivity contribution >= 4 is 14.9 Å². The van der Waals surface area contributed by atoms with Crippen LogP contribution in [0.1, 0.15) is 25.8 Å². The van der Waals surface area contributed by atoms with Crippen LogP contribution >= 0.6 is 0 Å². The lowest BCUT2D eigenvalue weighted by atomic mass is 10.1. The third kappa shape index (κ3) is 2.50. The van der Waals surface area contributed by atoms with Gasteiger partial charge in [-0.25, -0.2) is 17.2 Å². The van der Waals surface area contributed by atoms with Gasteiger partial charge in [-0.05, 0) is 26.0 Å². The molecule has 0 saturated carbocycles. The van der Waals surface area contributed by atoms with E-state index in [1.54, 1.807) is 0 Å². The lowest BCUT2D eigenvalue weighted by molar-refractivity contribution is 0.0123. The van der Waals surface area contributed by atoms with Gasteiger partial charge in [0, 0.05) is 6.42 Å². The van der Waals surface area contributed by atoms with E-state index >= 15 is 0 Å². The Balaban J connectivity index is 2.54. The third-order valence-electron chi connectivity index (χ3n) is 2.87. The first-order valence-electron chi connectivity index (χ1n) is 5.81. The Morgan fingerprint density at radius 3 is 2.19 bits per heavy atom. The Morgan fingerprint density at radius 2 is 1.76 bits per heavy atom. The first-order chi connectivity index (χ1) is 9.49. The molecule has 0 unspecified atom stereocenters. The Bertz CT molecular complexity index is 693. The molecule has 0 aliphatic carbocycles. The highest BCUT2D eigenvalue weighted by molar-refractivity contribution is 8.06. The van der Waals surface area contributed by atoms with E-state index in [4.69, 9.17) is 4.84 Å². The average Bonchev–Trinajstić information content (AvgIpc) is 2.69. The van der Waals surface area contributed by atoms with E-state index in [0.29, 0.717) is 12.1 Å². The molecule has 0 aromatic heterocycles. The van der Waals surface area contributed by atoms with E-state index in [0.717, 1.165) is 6.07 Å². The zero-order valence-electron chi connectivity index (χ0n) is 11.0. The number of rotatable bonds is 2. The van der Waals surface area contributed by atoms with Gasteiger partial charge in [-0.2, -0.15) is 8.78 Å². The van der Waals surface area contributed by atoms with Gasteiger partial charge in [-0.3, -0.25) is 0 Å². The molecule has 116 valence electrons. The standard InChI is InChI=1S/C12H11F4NO3S/c1-11(2)6-9(17-20-11)21(18,19)12(15,16)10-7(13)4-3-5-8(10)14/h3-5H,6H2,1-2H3. The van der Waals surface area contributed by atoms with Crippen molar-refractivity contribution in [3.05, 3.63) is 35.4 Å². The number of sulfone groups is 1. The topological polar surface area (TPSA) is 55.7 Å². The first kappa shape index (κ1) is 15.7. The number of hydrogen-bond acceptors (Lipinski definition) is 4. The van der Waals surface area contributed by atoms with Gasteiger partial charge < -0.3 is 4.84 Å². The molecule has 1 aliphatic rings. The zero-order valence-corrected chi connectivity index (χ0v) is 11.8. The van der Waals surface area contributed by atoms with E-state index in [9.17, 15) is 26.0 Å². The summed E-state index contributed by atoms with van der Waals surface area (Å²) in [7, 11) is -5.40. The molecule has 2 rings (SSSR count). The van der Waals surface area contributed by atoms with Gasteiger partial charge in [0.1, 0.15) is 22.8 Å². The molecule has 21 heavy (non-hydrogen) atoms. The summed E-state index contributed by atoms with van der Waals surface area (Å²) in [5.74, 6) is -3.30. The maximum atomic E-state index is 14.2. The summed E-state index contributed by atoms with van der Waals surface area (Å²) in [6, 6.07) is 1.97. The van der Waals surface area contributed by atoms with Crippen LogP contribution in [0.5, 0.6) is 0 Å². The first-order valence-corrected chi connectivity index (χ1v) is 7.29. The van der Waals surface area contributed by atoms with E-state index in [1.807, 2.05) is 0 Å². The van der Waals surface area contributed by atoms with Crippen LogP contribution in [0.3, 0.4) is 0 Å². The minimum absolute atomic E-state index is 0.416. The summed E-state index contributed by atoms with van der Waals surface area (Å²) in [6.07, 6.45) is -0.416. The Kier molecular flexibility index (Phi) is 3.51. The molecular formula is C12H11F4NO3S. The molecule has 0 bridgehead atoms. The number of benzene rings is 1. The quantitative estimate of drug-likeness (QED) is 0.786. The molecule has 1 aliphatic heterocycles. The molecule has 0 fully saturated rings. The van der Waals surface area contributed by atoms with Crippen LogP contribution in [0, 0.1) is 11.6 Å². The minimum atomic E-state index is -5.40. The fraction of sp³-hybridized carbons (Fsp3) is 0.417. The number of nitrogens with zero attached hydrogens (tertiary/aromatic N) is 1. The summed E-state index contributed by atoms with van der Waals surface area (Å²) < 4.78 is 79.1. The third-order valence-corrected chi connectivity index (χ3v) is 4.59. The number of halogens is 4. The molecule has 4 nitrogen and oxygen atoms in total. The largest absolute Gasteiger partial charge is 0.389 e. The molecule has 0 N–H and O–H groups in total. The monoisotopic (exact) mass is 325 g/mol. The van der Waals surface area contributed by atoms with Crippen LogP contribution in [0.4, 0.5) is 17.6 Å². The summed E-state index contributed by atoms with van der Waals surface area (Å²) in [5, 5.41) is -2.62. The van der Waals surface area contributed by atoms with Crippen LogP contribution in [-0.4, -0.2) is 19.1 Å². The van der Waals surface area contributed by atoms with Crippen LogP contribution in [0.25, 0.3) is 0 Å². The molecule has 9 heteroatoms. The fourth-order valence-electron chi connectivity index (χ4n) is 1.81. The second kappa shape index (κ2) is 4.69. The molecule has 0 atom stereocenters. The number of oxime groups is 1. The molecule has 0 amide bonds. The van der Waals surface area contributed by atoms with Crippen molar-refractivity contribution in [1.29, 1.82) is 0 Å². The lowest BCUT2D eigenvalue weighted by Crippen LogP contribution is -2.35. The van der Waals surface area contributed by atoms with E-state index in [-0.39, 0.29) is 0 Å². The van der Waals surface area contributed by atoms with Gasteiger partial charge in [0.15, 0.2) is 5.04 Å². The van der Waals surface area contributed by atoms with Crippen LogP contribution < -0.4 is 0 Å². The Labute approximate surface area is 118 Å². The predicted molar refractivity (Wildman–Crippen MR) is 66.4 cm³/mol. The van der Waals surface area contributed by atoms with Crippen molar-refractivity contribution < 1.29 is 30.8 Å². The maximum absolute atomic E-state index is 14.2. The van der Waals surface area contributed by atoms with Crippen molar-refractivity contribution in [2.75, 3.05) is 0 Å². The normalized spacial score (nSPS) is 18.3. The van der Waals surface area contributed by atoms with E-state index in [2.05, 4.69) is 5.16 Å². The van der Waals surface area contributed by atoms with Gasteiger partial charge in [-0.1, -0.05) is 11.2 Å². The van der Waals surface area contributed by atoms with E-state index < -0.39 is 49.4 Å². The highest BCUT2D eigenvalue weighted by Crippen LogP contribution is 2.41. The summed E-state index contributed by atoms with van der Waals surface area (Å²) >= 11 is 0. The highest BCUT2D eigenvalue weighted by Gasteiger charge is 2.55. The van der Waals surface area contributed by atoms with Crippen LogP contribution in [-0.2, 0) is 19.9 Å². The van der Waals surface area contributed by atoms with Gasteiger partial charge >= 0.3 is 5.25 Å². The second-order valence-electron chi connectivity index (χ2n) is 5.13. The van der Waals surface area contributed by atoms with Gasteiger partial charge in [0.2, 0.25) is 0 Å². The van der Waals surface area contributed by atoms with Gasteiger partial charge in [0.25, 0.3) is 9.84 Å². The van der Waals surface area contributed by atoms with Crippen molar-refractivity contribution in [2.45, 2.75) is 31.1 Å². The molecule has 0 spiro atoms. The number of alkyl halides is 2. The van der Waals surface area contributed by atoms with Crippen molar-refractivity contribution in [2.24, 2.45) is 5.16 Å². The predicted octanol–water partition coefficient (Wildman–Crippen LogP) is 2.94. The van der Waals surface area contributed by atoms with Gasteiger partial charge in [0.05, 0.1) is 0 Å². The van der Waals surface area contributed by atoms with Crippen molar-refractivity contribution in [1.82, 2.24) is 0 Å². The van der Waals surface area contributed by atoms with E-state index in [1.165, 1.54) is 13.8 Å². The fourth-order valence-corrected chi connectivity index (χ4v) is 3.24. The maximum Gasteiger partial charge on any atom is 0.382 e. The highest BCUT2D eigenvalue weighted by atomic mass is 32.2. The van der Waals surface area contributed by atoms with Crippen molar-refractivity contribution in [3.63, 3.8) is 0 Å². The van der Waals surface area contributed by atoms with Crippen molar-refractivity contribution in [3.8, 4) is 0 Å². The molecule has 1 aromatic carbocycles. The Hall–Kier alpha value is -1.64. The molecule has 0 radical (unpaired) electrons. The molecular weight excluding hydrogens is 314 g/mol. The summed E-state index contributed by atoms with van der Waals surface area (Å²) in [5.41, 5.74) is -2.90. The molecule has 1 aromatic rings. The second-order valence-corrected chi connectivity index (χ2v) is 7.12. The lowest BCUT2D eigenvalue weighted by Gasteiger charge is -2.18. The zero-order chi connectivity index (χ0) is 16.1. The number of hydrogen-bond donors (Lipinski definition) is 0. The SMILES string of the molecule is CC1(C)CC(S(=O)(=O)C(F)(F)c2c(F)cccc2F)=NO1. The molecule has 0 saturated heterocycles. The summed E-state index contributed by atoms with van der Waals surface area (Å²) in [4.78, 5) is 4.72.